The number of benzene rings is 2. The van der Waals surface area contributed by atoms with Crippen LogP contribution in [0.3, 0.4) is 0 Å². The quantitative estimate of drug-likeness (QED) is 0.407. The van der Waals surface area contributed by atoms with Crippen LogP contribution in [-0.2, 0) is 10.8 Å². The molecule has 4 unspecified atom stereocenters. The third kappa shape index (κ3) is 3.01. The Labute approximate surface area is 230 Å². The van der Waals surface area contributed by atoms with E-state index in [1.54, 1.807) is 11.1 Å². The molecule has 4 atom stereocenters. The van der Waals surface area contributed by atoms with Gasteiger partial charge in [-0.2, -0.15) is 0 Å². The normalized spacial score (nSPS) is 52.0. The molecule has 0 heterocycles. The van der Waals surface area contributed by atoms with Gasteiger partial charge in [0, 0.05) is 11.4 Å². The summed E-state index contributed by atoms with van der Waals surface area (Å²) in [6.07, 6.45) is 16.9. The summed E-state index contributed by atoms with van der Waals surface area (Å²) in [4.78, 5) is 0. The molecular weight excluding hydrogens is 460 g/mol. The molecule has 4 N–H and O–H groups in total. The molecule has 8 saturated carbocycles. The zero-order valence-corrected chi connectivity index (χ0v) is 24.3. The number of rotatable bonds is 3. The molecule has 8 bridgehead atoms. The van der Waals surface area contributed by atoms with Crippen LogP contribution in [0.4, 0.5) is 11.4 Å². The highest BCUT2D eigenvalue weighted by atomic mass is 14.8. The Hall–Kier alpha value is -1.96. The fraction of sp³-hybridized carbons (Fsp3) is 0.667. The van der Waals surface area contributed by atoms with Crippen molar-refractivity contribution in [3.05, 3.63) is 59.7 Å². The predicted octanol–water partition coefficient (Wildman–Crippen LogP) is 8.79. The second-order valence-corrected chi connectivity index (χ2v) is 17.7. The van der Waals surface area contributed by atoms with Crippen LogP contribution in [0.5, 0.6) is 0 Å². The highest BCUT2D eigenvalue weighted by Gasteiger charge is 2.76. The van der Waals surface area contributed by atoms with Crippen molar-refractivity contribution in [2.75, 3.05) is 11.5 Å². The van der Waals surface area contributed by atoms with Gasteiger partial charge in [0.15, 0.2) is 0 Å². The van der Waals surface area contributed by atoms with E-state index in [1.165, 1.54) is 77.0 Å². The molecule has 8 fully saturated rings. The van der Waals surface area contributed by atoms with Crippen molar-refractivity contribution in [3.8, 4) is 0 Å². The minimum Gasteiger partial charge on any atom is -0.399 e. The highest BCUT2D eigenvalue weighted by molar-refractivity contribution is 5.46. The summed E-state index contributed by atoms with van der Waals surface area (Å²) in [6, 6.07) is 18.3. The van der Waals surface area contributed by atoms with Gasteiger partial charge in [-0.1, -0.05) is 52.0 Å². The lowest BCUT2D eigenvalue weighted by molar-refractivity contribution is -0.275. The molecule has 2 aromatic carbocycles. The van der Waals surface area contributed by atoms with E-state index in [1.807, 2.05) is 0 Å². The molecule has 8 aliphatic rings. The van der Waals surface area contributed by atoms with Crippen LogP contribution in [0.15, 0.2) is 48.5 Å². The predicted molar refractivity (Wildman–Crippen MR) is 158 cm³/mol. The van der Waals surface area contributed by atoms with E-state index >= 15 is 0 Å². The Morgan fingerprint density at radius 2 is 0.684 bits per heavy atom. The third-order valence-electron chi connectivity index (χ3n) is 13.4. The summed E-state index contributed by atoms with van der Waals surface area (Å²) in [5.41, 5.74) is 20.7. The van der Waals surface area contributed by atoms with Crippen LogP contribution in [0.2, 0.25) is 0 Å². The molecule has 0 amide bonds. The molecule has 0 radical (unpaired) electrons. The Balaban J connectivity index is 1.31. The lowest BCUT2D eigenvalue weighted by atomic mass is 9.24. The van der Waals surface area contributed by atoms with Crippen LogP contribution >= 0.6 is 0 Å². The fourth-order valence-corrected chi connectivity index (χ4v) is 14.8. The molecule has 0 saturated heterocycles. The van der Waals surface area contributed by atoms with Crippen molar-refractivity contribution in [1.29, 1.82) is 0 Å². The van der Waals surface area contributed by atoms with E-state index in [0.717, 1.165) is 11.4 Å². The maximum absolute atomic E-state index is 6.20. The number of hydrogen-bond donors (Lipinski definition) is 2. The van der Waals surface area contributed by atoms with E-state index in [4.69, 9.17) is 11.5 Å². The van der Waals surface area contributed by atoms with Crippen molar-refractivity contribution in [2.45, 2.75) is 116 Å². The van der Waals surface area contributed by atoms with Gasteiger partial charge < -0.3 is 11.5 Å². The molecule has 2 heteroatoms. The van der Waals surface area contributed by atoms with Crippen LogP contribution in [0, 0.1) is 32.5 Å². The molecule has 8 aliphatic carbocycles. The molecule has 0 aromatic heterocycles. The van der Waals surface area contributed by atoms with E-state index in [2.05, 4.69) is 76.2 Å². The van der Waals surface area contributed by atoms with Gasteiger partial charge in [0.05, 0.1) is 0 Å². The van der Waals surface area contributed by atoms with Crippen molar-refractivity contribution in [2.24, 2.45) is 32.5 Å². The van der Waals surface area contributed by atoms with Crippen LogP contribution < -0.4 is 11.5 Å². The van der Waals surface area contributed by atoms with Crippen LogP contribution in [0.1, 0.15) is 116 Å². The minimum atomic E-state index is 0.311. The Bertz CT molecular complexity index is 1180. The molecule has 2 nitrogen and oxygen atoms in total. The highest BCUT2D eigenvalue weighted by Crippen LogP contribution is 2.85. The average Bonchev–Trinajstić information content (AvgIpc) is 2.75. The lowest BCUT2D eigenvalue weighted by Crippen LogP contribution is -2.71. The lowest BCUT2D eigenvalue weighted by Gasteiger charge is -2.80. The Morgan fingerprint density at radius 3 is 0.974 bits per heavy atom. The number of hydrogen-bond acceptors (Lipinski definition) is 2. The molecule has 0 spiro atoms. The second-order valence-electron chi connectivity index (χ2n) is 17.7. The Kier molecular flexibility index (Phi) is 4.19. The second kappa shape index (κ2) is 6.67. The van der Waals surface area contributed by atoms with Gasteiger partial charge in [-0.3, -0.25) is 0 Å². The molecule has 0 aliphatic heterocycles. The van der Waals surface area contributed by atoms with E-state index < -0.39 is 0 Å². The summed E-state index contributed by atoms with van der Waals surface area (Å²) >= 11 is 0. The van der Waals surface area contributed by atoms with E-state index in [9.17, 15) is 0 Å². The summed E-state index contributed by atoms with van der Waals surface area (Å²) in [7, 11) is 0. The average molecular weight is 509 g/mol. The molecular formula is C36H48N2. The minimum absolute atomic E-state index is 0.311. The third-order valence-corrected chi connectivity index (χ3v) is 13.4. The van der Waals surface area contributed by atoms with Crippen molar-refractivity contribution in [3.63, 3.8) is 0 Å². The van der Waals surface area contributed by atoms with Gasteiger partial charge in [0.2, 0.25) is 0 Å². The monoisotopic (exact) mass is 508 g/mol. The summed E-state index contributed by atoms with van der Waals surface area (Å²) in [6.45, 7) is 10.7. The van der Waals surface area contributed by atoms with Gasteiger partial charge in [-0.05, 0) is 156 Å². The summed E-state index contributed by atoms with van der Waals surface area (Å²) < 4.78 is 0. The number of nitrogen functional groups attached to an aromatic ring is 2. The van der Waals surface area contributed by atoms with Gasteiger partial charge >= 0.3 is 0 Å². The fourth-order valence-electron chi connectivity index (χ4n) is 14.8. The summed E-state index contributed by atoms with van der Waals surface area (Å²) in [5.74, 6) is 0. The topological polar surface area (TPSA) is 52.0 Å². The van der Waals surface area contributed by atoms with Gasteiger partial charge in [0.1, 0.15) is 0 Å². The first-order chi connectivity index (χ1) is 17.7. The number of anilines is 2. The first-order valence-corrected chi connectivity index (χ1v) is 15.5. The van der Waals surface area contributed by atoms with Crippen LogP contribution in [-0.4, -0.2) is 0 Å². The molecule has 2 aromatic rings. The molecule has 38 heavy (non-hydrogen) atoms. The van der Waals surface area contributed by atoms with Crippen molar-refractivity contribution in [1.82, 2.24) is 0 Å². The van der Waals surface area contributed by atoms with E-state index in [0.29, 0.717) is 43.3 Å². The molecule has 202 valence electrons. The Morgan fingerprint density at radius 1 is 0.395 bits per heavy atom. The SMILES string of the molecule is CC12CC3(C)CC(c4ccc(N)cc4)(C1)CC(C14CC5(C)CC(C)(CC(c6ccc(N)cc6)(C5)C1)C4)(C2)C3. The smallest absolute Gasteiger partial charge is 0.0314 e. The maximum atomic E-state index is 6.20. The summed E-state index contributed by atoms with van der Waals surface area (Å²) in [5, 5.41) is 0. The van der Waals surface area contributed by atoms with Gasteiger partial charge in [0.25, 0.3) is 0 Å². The zero-order valence-electron chi connectivity index (χ0n) is 24.3. The van der Waals surface area contributed by atoms with Crippen molar-refractivity contribution >= 4 is 11.4 Å². The van der Waals surface area contributed by atoms with Crippen molar-refractivity contribution < 1.29 is 0 Å². The molecule has 10 rings (SSSR count). The van der Waals surface area contributed by atoms with Crippen LogP contribution in [0.25, 0.3) is 0 Å². The number of nitrogens with two attached hydrogens (primary N) is 2. The first-order valence-electron chi connectivity index (χ1n) is 15.5. The van der Waals surface area contributed by atoms with E-state index in [-0.39, 0.29) is 0 Å². The largest absolute Gasteiger partial charge is 0.399 e. The first kappa shape index (κ1) is 23.9. The standard InChI is InChI=1S/C36H48N2/c1-29-13-30(2)16-33(15-29,25-5-9-27(37)10-6-25)23-35(19-29,20-30)36-21-31(3)14-32(4,22-36)18-34(17-31,24-36)26-7-11-28(38)12-8-26/h5-12H,13-24,37-38H2,1-4H3. The zero-order chi connectivity index (χ0) is 26.5. The van der Waals surface area contributed by atoms with Gasteiger partial charge in [-0.25, -0.2) is 0 Å². The maximum Gasteiger partial charge on any atom is 0.0314 e. The van der Waals surface area contributed by atoms with Gasteiger partial charge in [-0.15, -0.1) is 0 Å².